The normalized spacial score (nSPS) is 18.2. The minimum atomic E-state index is -0.158. The molecule has 360 valence electrons. The van der Waals surface area contributed by atoms with Crippen molar-refractivity contribution in [1.82, 2.24) is 0 Å². The van der Waals surface area contributed by atoms with E-state index >= 15 is 0 Å². The Kier molecular flexibility index (Phi) is 9.91. The minimum absolute atomic E-state index is 0.00170. The zero-order valence-electron chi connectivity index (χ0n) is 44.6. The summed E-state index contributed by atoms with van der Waals surface area (Å²) in [5, 5.41) is 3.01. The Bertz CT molecular complexity index is 3540. The fraction of sp³-hybridized carbons (Fsp3) is 0.364. The molecule has 1 aromatic heterocycles. The zero-order valence-corrected chi connectivity index (χ0v) is 45.4. The lowest BCUT2D eigenvalue weighted by Crippen LogP contribution is -2.62. The van der Waals surface area contributed by atoms with E-state index in [1.165, 1.54) is 78.7 Å². The van der Waals surface area contributed by atoms with Gasteiger partial charge in [0.05, 0.1) is 5.69 Å². The molecule has 5 heteroatoms. The third kappa shape index (κ3) is 7.04. The van der Waals surface area contributed by atoms with Gasteiger partial charge in [-0.1, -0.05) is 169 Å². The van der Waals surface area contributed by atoms with Gasteiger partial charge in [-0.15, -0.1) is 0 Å². The molecule has 0 radical (unpaired) electrons. The second-order valence-electron chi connectivity index (χ2n) is 26.5. The molecule has 0 amide bonds. The van der Waals surface area contributed by atoms with E-state index in [-0.39, 0.29) is 39.2 Å². The Hall–Kier alpha value is -5.71. The molecule has 7 aromatic carbocycles. The van der Waals surface area contributed by atoms with Gasteiger partial charge in [-0.05, 0) is 174 Å². The molecular weight excluding hydrogens is 883 g/mol. The predicted molar refractivity (Wildman–Crippen MR) is 306 cm³/mol. The van der Waals surface area contributed by atoms with Gasteiger partial charge >= 0.3 is 0 Å². The van der Waals surface area contributed by atoms with Crippen molar-refractivity contribution in [3.05, 3.63) is 160 Å². The Morgan fingerprint density at radius 3 is 1.68 bits per heavy atom. The quantitative estimate of drug-likeness (QED) is 0.165. The Morgan fingerprint density at radius 2 is 1.03 bits per heavy atom. The van der Waals surface area contributed by atoms with Gasteiger partial charge in [0.1, 0.15) is 11.2 Å². The number of furan rings is 1. The van der Waals surface area contributed by atoms with Gasteiger partial charge in [0.15, 0.2) is 0 Å². The van der Waals surface area contributed by atoms with E-state index in [4.69, 9.17) is 16.0 Å². The molecule has 0 spiro atoms. The highest BCUT2D eigenvalue weighted by Crippen LogP contribution is 2.54. The highest BCUT2D eigenvalue weighted by atomic mass is 35.5. The van der Waals surface area contributed by atoms with Crippen molar-refractivity contribution in [1.29, 1.82) is 0 Å². The van der Waals surface area contributed by atoms with E-state index < -0.39 is 0 Å². The molecular formula is C66H70BClN2O. The summed E-state index contributed by atoms with van der Waals surface area (Å²) in [5.41, 5.74) is 23.3. The van der Waals surface area contributed by atoms with Crippen molar-refractivity contribution >= 4 is 90.8 Å². The third-order valence-electron chi connectivity index (χ3n) is 17.8. The van der Waals surface area contributed by atoms with Gasteiger partial charge in [0.25, 0.3) is 6.71 Å². The number of nitrogens with zero attached hydrogens (tertiary/aromatic N) is 2. The molecule has 0 N–H and O–H groups in total. The smallest absolute Gasteiger partial charge is 0.257 e. The summed E-state index contributed by atoms with van der Waals surface area (Å²) in [6.45, 7) is 33.2. The van der Waals surface area contributed by atoms with Crippen LogP contribution in [-0.4, -0.2) is 6.71 Å². The number of rotatable bonds is 3. The zero-order chi connectivity index (χ0) is 50.1. The molecule has 0 bridgehead atoms. The number of hydrogen-bond acceptors (Lipinski definition) is 3. The molecule has 12 rings (SSSR count). The molecule has 8 aromatic rings. The molecule has 3 nitrogen and oxygen atoms in total. The van der Waals surface area contributed by atoms with Crippen LogP contribution in [0.1, 0.15) is 156 Å². The van der Waals surface area contributed by atoms with Crippen LogP contribution >= 0.6 is 11.6 Å². The summed E-state index contributed by atoms with van der Waals surface area (Å²) in [7, 11) is 0. The maximum absolute atomic E-state index is 7.66. The first-order chi connectivity index (χ1) is 33.3. The van der Waals surface area contributed by atoms with Crippen LogP contribution in [0.15, 0.2) is 126 Å². The average molecular weight is 954 g/mol. The number of hydrogen-bond donors (Lipinski definition) is 0. The maximum Gasteiger partial charge on any atom is 0.257 e. The highest BCUT2D eigenvalue weighted by molar-refractivity contribution is 7.01. The van der Waals surface area contributed by atoms with Crippen LogP contribution in [0.4, 0.5) is 34.1 Å². The molecule has 0 unspecified atom stereocenters. The first kappa shape index (κ1) is 46.4. The molecule has 3 heterocycles. The topological polar surface area (TPSA) is 19.6 Å². The predicted octanol–water partition coefficient (Wildman–Crippen LogP) is 17.3. The highest BCUT2D eigenvalue weighted by Gasteiger charge is 2.49. The van der Waals surface area contributed by atoms with Gasteiger partial charge in [-0.3, -0.25) is 0 Å². The third-order valence-corrected chi connectivity index (χ3v) is 18.0. The molecule has 0 saturated carbocycles. The summed E-state index contributed by atoms with van der Waals surface area (Å²) in [4.78, 5) is 5.14. The molecule has 4 aliphatic rings. The van der Waals surface area contributed by atoms with Gasteiger partial charge in [-0.25, -0.2) is 0 Å². The van der Waals surface area contributed by atoms with E-state index in [1.54, 1.807) is 0 Å². The largest absolute Gasteiger partial charge is 0.457 e. The number of benzene rings is 7. The Balaban J connectivity index is 1.24. The first-order valence-electron chi connectivity index (χ1n) is 26.3. The lowest BCUT2D eigenvalue weighted by molar-refractivity contribution is 0.332. The van der Waals surface area contributed by atoms with E-state index in [2.05, 4.69) is 228 Å². The molecule has 71 heavy (non-hydrogen) atoms. The van der Waals surface area contributed by atoms with Crippen molar-refractivity contribution in [3.8, 4) is 11.1 Å². The van der Waals surface area contributed by atoms with Gasteiger partial charge in [0, 0.05) is 49.8 Å². The van der Waals surface area contributed by atoms with Crippen LogP contribution in [0, 0.1) is 0 Å². The van der Waals surface area contributed by atoms with Crippen LogP contribution in [0.25, 0.3) is 33.1 Å². The van der Waals surface area contributed by atoms with Crippen LogP contribution in [0.2, 0.25) is 5.02 Å². The maximum atomic E-state index is 7.66. The lowest BCUT2D eigenvalue weighted by Gasteiger charge is -2.48. The fourth-order valence-electron chi connectivity index (χ4n) is 13.1. The molecule has 0 saturated heterocycles. The average Bonchev–Trinajstić information content (AvgIpc) is 3.69. The fourth-order valence-corrected chi connectivity index (χ4v) is 13.3. The summed E-state index contributed by atoms with van der Waals surface area (Å²) >= 11 is 7.66. The van der Waals surface area contributed by atoms with Crippen molar-refractivity contribution in [2.75, 3.05) is 9.80 Å². The van der Waals surface area contributed by atoms with E-state index in [0.29, 0.717) is 5.02 Å². The van der Waals surface area contributed by atoms with Crippen molar-refractivity contribution in [2.45, 2.75) is 155 Å². The Morgan fingerprint density at radius 1 is 0.479 bits per heavy atom. The molecule has 2 aliphatic heterocycles. The van der Waals surface area contributed by atoms with Gasteiger partial charge in [-0.2, -0.15) is 0 Å². The number of halogens is 1. The molecule has 0 atom stereocenters. The number of anilines is 6. The van der Waals surface area contributed by atoms with Gasteiger partial charge in [0.2, 0.25) is 0 Å². The SMILES string of the molecule is CC(C)(C)c1ccc(N2c3cc(Cl)cc4c3B(c3cc5c(cc3N4c3ccc4c(c3)C(C)(C)CCC4(C)C)C(C)(C)CCC5(C)C)c3c2ccc2c3oc3cc(C(C)(C)C)ccc32)c(-c2ccccc2)c1. The van der Waals surface area contributed by atoms with E-state index in [0.717, 1.165) is 64.0 Å². The van der Waals surface area contributed by atoms with Crippen LogP contribution < -0.4 is 26.2 Å². The van der Waals surface area contributed by atoms with Crippen molar-refractivity contribution in [3.63, 3.8) is 0 Å². The van der Waals surface area contributed by atoms with E-state index in [9.17, 15) is 0 Å². The summed E-state index contributed by atoms with van der Waals surface area (Å²) in [5.74, 6) is 0. The summed E-state index contributed by atoms with van der Waals surface area (Å²) in [6.07, 6.45) is 4.58. The van der Waals surface area contributed by atoms with Crippen LogP contribution in [0.3, 0.4) is 0 Å². The lowest BCUT2D eigenvalue weighted by atomic mass is 9.33. The number of fused-ring (bicyclic) bond motifs is 10. The summed E-state index contributed by atoms with van der Waals surface area (Å²) in [6, 6.07) is 46.8. The first-order valence-corrected chi connectivity index (χ1v) is 26.7. The second kappa shape index (κ2) is 15.2. The Labute approximate surface area is 428 Å². The monoisotopic (exact) mass is 953 g/mol. The van der Waals surface area contributed by atoms with Crippen molar-refractivity contribution in [2.24, 2.45) is 0 Å². The van der Waals surface area contributed by atoms with Crippen LogP contribution in [0.5, 0.6) is 0 Å². The van der Waals surface area contributed by atoms with Gasteiger partial charge < -0.3 is 14.2 Å². The standard InChI is InChI=1S/C66H70BClN2O/c1-61(2,3)40-21-26-52(46(32-40)39-18-16-15-17-19-39)70-53-27-24-45-44-23-20-41(62(4,5)6)33-57(44)71-60(45)59(53)67-51-37-49-50(66(13,14)31-30-65(49,11)12)38-54(51)69(55-34-42(68)35-56(70)58(55)67)43-22-25-47-48(36-43)64(9,10)29-28-63(47,7)8/h15-27,32-38H,28-31H2,1-14H3. The minimum Gasteiger partial charge on any atom is -0.457 e. The summed E-state index contributed by atoms with van der Waals surface area (Å²) < 4.78 is 7.44. The van der Waals surface area contributed by atoms with Crippen molar-refractivity contribution < 1.29 is 4.42 Å². The second-order valence-corrected chi connectivity index (χ2v) is 26.9. The van der Waals surface area contributed by atoms with Crippen LogP contribution in [-0.2, 0) is 32.5 Å². The molecule has 0 fully saturated rings. The molecule has 2 aliphatic carbocycles. The van der Waals surface area contributed by atoms with E-state index in [1.807, 2.05) is 0 Å².